The predicted molar refractivity (Wildman–Crippen MR) is 122 cm³/mol. The standard InChI is InChI=1S/C25H19N3O4/c1-25(2,3)32-24(31)28-15-11-7-5-9-13(15)17-19-18(22(29)27-23(19)30)16-12-8-4-6-10-14(12)26-20(16)21(17)28/h4-11,26H,1-3H3,(H,27,29,30). The van der Waals surface area contributed by atoms with Crippen LogP contribution < -0.4 is 5.32 Å². The third-order valence-corrected chi connectivity index (χ3v) is 5.82. The number of aromatic amines is 1. The zero-order chi connectivity index (χ0) is 22.4. The number of aromatic nitrogens is 2. The van der Waals surface area contributed by atoms with Crippen LogP contribution in [0.3, 0.4) is 0 Å². The molecule has 0 spiro atoms. The van der Waals surface area contributed by atoms with Crippen molar-refractivity contribution in [3.05, 3.63) is 59.7 Å². The van der Waals surface area contributed by atoms with Gasteiger partial charge in [0, 0.05) is 27.1 Å². The van der Waals surface area contributed by atoms with Gasteiger partial charge in [-0.2, -0.15) is 0 Å². The molecular formula is C25H19N3O4. The van der Waals surface area contributed by atoms with Crippen molar-refractivity contribution in [1.82, 2.24) is 14.9 Å². The second-order valence-electron chi connectivity index (χ2n) is 9.01. The summed E-state index contributed by atoms with van der Waals surface area (Å²) in [5.41, 5.74) is 2.48. The first-order chi connectivity index (χ1) is 15.3. The molecule has 1 aliphatic heterocycles. The number of hydrogen-bond donors (Lipinski definition) is 2. The van der Waals surface area contributed by atoms with E-state index in [1.165, 1.54) is 4.57 Å². The van der Waals surface area contributed by atoms with Crippen LogP contribution in [0.1, 0.15) is 41.5 Å². The van der Waals surface area contributed by atoms with Gasteiger partial charge in [-0.15, -0.1) is 0 Å². The van der Waals surface area contributed by atoms with Crippen LogP contribution in [-0.2, 0) is 4.74 Å². The van der Waals surface area contributed by atoms with Gasteiger partial charge in [0.1, 0.15) is 5.60 Å². The smallest absolute Gasteiger partial charge is 0.419 e. The Hall–Kier alpha value is -4.13. The maximum absolute atomic E-state index is 13.4. The van der Waals surface area contributed by atoms with E-state index in [1.807, 2.05) is 48.5 Å². The number of ether oxygens (including phenoxy) is 1. The van der Waals surface area contributed by atoms with E-state index >= 15 is 0 Å². The number of carbonyl (C=O) groups excluding carboxylic acids is 3. The third kappa shape index (κ3) is 2.33. The fourth-order valence-corrected chi connectivity index (χ4v) is 4.74. The fraction of sp³-hybridized carbons (Fsp3) is 0.160. The molecule has 1 aliphatic rings. The zero-order valence-electron chi connectivity index (χ0n) is 17.7. The molecule has 2 amide bonds. The minimum Gasteiger partial charge on any atom is -0.443 e. The topological polar surface area (TPSA) is 93.2 Å². The molecule has 7 nitrogen and oxygen atoms in total. The van der Waals surface area contributed by atoms with E-state index in [0.29, 0.717) is 43.8 Å². The number of amides is 2. The van der Waals surface area contributed by atoms with Crippen LogP contribution in [0.5, 0.6) is 0 Å². The number of H-pyrrole nitrogens is 1. The van der Waals surface area contributed by atoms with Crippen molar-refractivity contribution in [2.45, 2.75) is 26.4 Å². The van der Waals surface area contributed by atoms with Gasteiger partial charge in [-0.3, -0.25) is 14.9 Å². The monoisotopic (exact) mass is 425 g/mol. The lowest BCUT2D eigenvalue weighted by Gasteiger charge is -2.20. The number of nitrogens with zero attached hydrogens (tertiary/aromatic N) is 1. The Balaban J connectivity index is 1.92. The first-order valence-corrected chi connectivity index (χ1v) is 10.3. The van der Waals surface area contributed by atoms with E-state index in [2.05, 4.69) is 10.3 Å². The highest BCUT2D eigenvalue weighted by Crippen LogP contribution is 2.43. The largest absolute Gasteiger partial charge is 0.443 e. The molecule has 0 fully saturated rings. The van der Waals surface area contributed by atoms with Crippen LogP contribution in [0.4, 0.5) is 4.79 Å². The number of fused-ring (bicyclic) bond motifs is 10. The molecule has 0 aliphatic carbocycles. The molecule has 0 bridgehead atoms. The minimum absolute atomic E-state index is 0.292. The Bertz CT molecular complexity index is 1660. The molecule has 0 unspecified atom stereocenters. The fourth-order valence-electron chi connectivity index (χ4n) is 4.74. The van der Waals surface area contributed by atoms with Crippen LogP contribution in [0.15, 0.2) is 48.5 Å². The first kappa shape index (κ1) is 18.6. The van der Waals surface area contributed by atoms with Gasteiger partial charge in [0.15, 0.2) is 0 Å². The van der Waals surface area contributed by atoms with Gasteiger partial charge in [-0.25, -0.2) is 9.36 Å². The van der Waals surface area contributed by atoms with E-state index < -0.39 is 23.5 Å². The Morgan fingerprint density at radius 3 is 2.22 bits per heavy atom. The normalized spacial score (nSPS) is 14.0. The van der Waals surface area contributed by atoms with Crippen molar-refractivity contribution >= 4 is 61.5 Å². The lowest BCUT2D eigenvalue weighted by atomic mass is 9.97. The lowest BCUT2D eigenvalue weighted by molar-refractivity contribution is 0.0551. The van der Waals surface area contributed by atoms with Gasteiger partial charge in [-0.1, -0.05) is 36.4 Å². The highest BCUT2D eigenvalue weighted by Gasteiger charge is 2.36. The van der Waals surface area contributed by atoms with Crippen molar-refractivity contribution in [2.24, 2.45) is 0 Å². The predicted octanol–water partition coefficient (Wildman–Crippen LogP) is 5.10. The van der Waals surface area contributed by atoms with Crippen LogP contribution in [0, 0.1) is 0 Å². The molecule has 0 saturated carbocycles. The molecule has 3 heterocycles. The van der Waals surface area contributed by atoms with Gasteiger partial charge < -0.3 is 9.72 Å². The molecule has 6 rings (SSSR count). The highest BCUT2D eigenvalue weighted by atomic mass is 16.6. The summed E-state index contributed by atoms with van der Waals surface area (Å²) in [7, 11) is 0. The number of nitrogens with one attached hydrogen (secondary N) is 2. The van der Waals surface area contributed by atoms with Crippen LogP contribution >= 0.6 is 0 Å². The Kier molecular flexibility index (Phi) is 3.48. The molecule has 0 saturated heterocycles. The average molecular weight is 425 g/mol. The summed E-state index contributed by atoms with van der Waals surface area (Å²) < 4.78 is 7.24. The lowest BCUT2D eigenvalue weighted by Crippen LogP contribution is -2.27. The van der Waals surface area contributed by atoms with E-state index in [4.69, 9.17) is 4.74 Å². The maximum Gasteiger partial charge on any atom is 0.419 e. The average Bonchev–Trinajstić information content (AvgIpc) is 3.36. The van der Waals surface area contributed by atoms with Gasteiger partial charge in [0.05, 0.1) is 27.7 Å². The number of benzene rings is 3. The van der Waals surface area contributed by atoms with Crippen molar-refractivity contribution in [3.8, 4) is 0 Å². The number of rotatable bonds is 0. The molecule has 5 aromatic rings. The van der Waals surface area contributed by atoms with E-state index in [0.717, 1.165) is 10.9 Å². The van der Waals surface area contributed by atoms with E-state index in [9.17, 15) is 14.4 Å². The second-order valence-corrected chi connectivity index (χ2v) is 9.01. The molecular weight excluding hydrogens is 406 g/mol. The van der Waals surface area contributed by atoms with E-state index in [-0.39, 0.29) is 0 Å². The van der Waals surface area contributed by atoms with E-state index in [1.54, 1.807) is 20.8 Å². The summed E-state index contributed by atoms with van der Waals surface area (Å²) in [6, 6.07) is 14.9. The molecule has 0 radical (unpaired) electrons. The minimum atomic E-state index is -0.710. The summed E-state index contributed by atoms with van der Waals surface area (Å²) in [6.07, 6.45) is -0.548. The Morgan fingerprint density at radius 1 is 0.875 bits per heavy atom. The van der Waals surface area contributed by atoms with Gasteiger partial charge in [0.25, 0.3) is 11.8 Å². The van der Waals surface area contributed by atoms with Crippen LogP contribution in [-0.4, -0.2) is 33.1 Å². The molecule has 0 atom stereocenters. The van der Waals surface area contributed by atoms with Crippen molar-refractivity contribution in [3.63, 3.8) is 0 Å². The SMILES string of the molecule is CC(C)(C)OC(=O)n1c2ccccc2c2c3c(c4c5ccccc5[nH]c4c21)C(=O)NC3=O. The van der Waals surface area contributed by atoms with Crippen molar-refractivity contribution in [2.75, 3.05) is 0 Å². The summed E-state index contributed by atoms with van der Waals surface area (Å²) in [6.45, 7) is 5.42. The van der Waals surface area contributed by atoms with Crippen LogP contribution in [0.25, 0.3) is 43.6 Å². The number of carbonyl (C=O) groups is 3. The van der Waals surface area contributed by atoms with Crippen molar-refractivity contribution in [1.29, 1.82) is 0 Å². The number of hydrogen-bond acceptors (Lipinski definition) is 4. The molecule has 2 aromatic heterocycles. The second kappa shape index (κ2) is 5.97. The van der Waals surface area contributed by atoms with Gasteiger partial charge in [0.2, 0.25) is 0 Å². The third-order valence-electron chi connectivity index (χ3n) is 5.82. The van der Waals surface area contributed by atoms with Gasteiger partial charge in [-0.05, 0) is 32.9 Å². The summed E-state index contributed by atoms with van der Waals surface area (Å²) in [5.74, 6) is -0.898. The van der Waals surface area contributed by atoms with Gasteiger partial charge >= 0.3 is 6.09 Å². The quantitative estimate of drug-likeness (QED) is 0.338. The Labute approximate surface area is 181 Å². The maximum atomic E-state index is 13.4. The molecule has 7 heteroatoms. The number of para-hydroxylation sites is 2. The first-order valence-electron chi connectivity index (χ1n) is 10.3. The number of imide groups is 1. The summed E-state index contributed by atoms with van der Waals surface area (Å²) in [5, 5.41) is 5.14. The summed E-state index contributed by atoms with van der Waals surface area (Å²) >= 11 is 0. The summed E-state index contributed by atoms with van der Waals surface area (Å²) in [4.78, 5) is 42.7. The molecule has 32 heavy (non-hydrogen) atoms. The molecule has 158 valence electrons. The Morgan fingerprint density at radius 2 is 1.50 bits per heavy atom. The molecule has 2 N–H and O–H groups in total. The van der Waals surface area contributed by atoms with Crippen LogP contribution in [0.2, 0.25) is 0 Å². The zero-order valence-corrected chi connectivity index (χ0v) is 17.7. The highest BCUT2D eigenvalue weighted by molar-refractivity contribution is 6.39. The molecule has 3 aromatic carbocycles. The van der Waals surface area contributed by atoms with Crippen molar-refractivity contribution < 1.29 is 19.1 Å².